The number of hydrogen-bond donors (Lipinski definition) is 2. The van der Waals surface area contributed by atoms with Crippen LogP contribution < -0.4 is 11.5 Å². The maximum absolute atomic E-state index is 11.1. The fraction of sp³-hybridized carbons (Fsp3) is 0.929. The van der Waals surface area contributed by atoms with E-state index >= 15 is 0 Å². The standard InChI is InChI=1S/C14H28N2O3/c1-10-8-12(9-11(2)19-10)18-7-5-4-6-14(3,16)13(15)17/h10-12H,4-9,16H2,1-3H3,(H2,15,17). The molecule has 3 unspecified atom stereocenters. The van der Waals surface area contributed by atoms with E-state index in [-0.39, 0.29) is 12.2 Å². The van der Waals surface area contributed by atoms with Gasteiger partial charge in [0.05, 0.1) is 23.9 Å². The first-order chi connectivity index (χ1) is 8.81. The SMILES string of the molecule is CC1CC(OCCCCC(C)(N)C(N)=O)CC(C)O1. The van der Waals surface area contributed by atoms with Gasteiger partial charge in [-0.15, -0.1) is 0 Å². The van der Waals surface area contributed by atoms with Gasteiger partial charge in [-0.05, 0) is 52.9 Å². The number of carbonyl (C=O) groups is 1. The number of hydrogen-bond acceptors (Lipinski definition) is 4. The van der Waals surface area contributed by atoms with Gasteiger partial charge in [-0.3, -0.25) is 4.79 Å². The molecule has 0 bridgehead atoms. The van der Waals surface area contributed by atoms with E-state index < -0.39 is 11.4 Å². The summed E-state index contributed by atoms with van der Waals surface area (Å²) in [5, 5.41) is 0. The Morgan fingerprint density at radius 3 is 2.42 bits per heavy atom. The molecule has 5 nitrogen and oxygen atoms in total. The van der Waals surface area contributed by atoms with Crippen LogP contribution >= 0.6 is 0 Å². The molecule has 5 heteroatoms. The molecule has 1 amide bonds. The van der Waals surface area contributed by atoms with Gasteiger partial charge in [-0.2, -0.15) is 0 Å². The molecule has 1 fully saturated rings. The highest BCUT2D eigenvalue weighted by molar-refractivity contribution is 5.83. The number of primary amides is 1. The smallest absolute Gasteiger partial charge is 0.237 e. The molecule has 0 aromatic rings. The van der Waals surface area contributed by atoms with Crippen molar-refractivity contribution in [1.82, 2.24) is 0 Å². The Hall–Kier alpha value is -0.650. The molecule has 19 heavy (non-hydrogen) atoms. The Balaban J connectivity index is 2.12. The monoisotopic (exact) mass is 272 g/mol. The molecule has 0 aliphatic carbocycles. The average Bonchev–Trinajstić information content (AvgIpc) is 2.26. The average molecular weight is 272 g/mol. The molecule has 0 aromatic carbocycles. The highest BCUT2D eigenvalue weighted by Gasteiger charge is 2.26. The van der Waals surface area contributed by atoms with E-state index in [9.17, 15) is 4.79 Å². The van der Waals surface area contributed by atoms with E-state index in [4.69, 9.17) is 20.9 Å². The molecule has 1 aliphatic heterocycles. The summed E-state index contributed by atoms with van der Waals surface area (Å²) in [6.45, 7) is 6.55. The van der Waals surface area contributed by atoms with Gasteiger partial charge >= 0.3 is 0 Å². The van der Waals surface area contributed by atoms with Crippen LogP contribution in [0.3, 0.4) is 0 Å². The van der Waals surface area contributed by atoms with Crippen molar-refractivity contribution in [1.29, 1.82) is 0 Å². The predicted molar refractivity (Wildman–Crippen MR) is 74.6 cm³/mol. The van der Waals surface area contributed by atoms with Crippen LogP contribution in [0, 0.1) is 0 Å². The number of unbranched alkanes of at least 4 members (excludes halogenated alkanes) is 1. The Bertz CT molecular complexity index is 284. The molecule has 0 spiro atoms. The van der Waals surface area contributed by atoms with Gasteiger partial charge in [0.15, 0.2) is 0 Å². The van der Waals surface area contributed by atoms with Crippen LogP contribution in [0.5, 0.6) is 0 Å². The number of ether oxygens (including phenoxy) is 2. The van der Waals surface area contributed by atoms with E-state index in [2.05, 4.69) is 13.8 Å². The van der Waals surface area contributed by atoms with Crippen molar-refractivity contribution in [3.05, 3.63) is 0 Å². The topological polar surface area (TPSA) is 87.6 Å². The first kappa shape index (κ1) is 16.4. The zero-order chi connectivity index (χ0) is 14.5. The summed E-state index contributed by atoms with van der Waals surface area (Å²) < 4.78 is 11.5. The largest absolute Gasteiger partial charge is 0.378 e. The van der Waals surface area contributed by atoms with Gasteiger partial charge in [0.25, 0.3) is 0 Å². The molecular weight excluding hydrogens is 244 g/mol. The van der Waals surface area contributed by atoms with Crippen molar-refractivity contribution in [2.75, 3.05) is 6.61 Å². The van der Waals surface area contributed by atoms with Crippen LogP contribution in [-0.2, 0) is 14.3 Å². The normalized spacial score (nSPS) is 30.8. The van der Waals surface area contributed by atoms with Crippen molar-refractivity contribution in [2.45, 2.75) is 76.7 Å². The molecule has 112 valence electrons. The van der Waals surface area contributed by atoms with Crippen LogP contribution in [0.1, 0.15) is 52.9 Å². The van der Waals surface area contributed by atoms with Crippen molar-refractivity contribution < 1.29 is 14.3 Å². The molecule has 0 saturated carbocycles. The predicted octanol–water partition coefficient (Wildman–Crippen LogP) is 1.33. The summed E-state index contributed by atoms with van der Waals surface area (Å²) >= 11 is 0. The van der Waals surface area contributed by atoms with E-state index in [1.165, 1.54) is 0 Å². The molecule has 1 saturated heterocycles. The molecule has 0 aromatic heterocycles. The Morgan fingerprint density at radius 1 is 1.32 bits per heavy atom. The summed E-state index contributed by atoms with van der Waals surface area (Å²) in [5.74, 6) is -0.444. The molecule has 1 aliphatic rings. The van der Waals surface area contributed by atoms with Crippen LogP contribution in [0.4, 0.5) is 0 Å². The lowest BCUT2D eigenvalue weighted by molar-refractivity contribution is -0.123. The molecule has 3 atom stereocenters. The lowest BCUT2D eigenvalue weighted by atomic mass is 9.95. The van der Waals surface area contributed by atoms with Crippen LogP contribution in [0.25, 0.3) is 0 Å². The Labute approximate surface area is 116 Å². The number of rotatable bonds is 7. The third-order valence-corrected chi connectivity index (χ3v) is 3.66. The summed E-state index contributed by atoms with van der Waals surface area (Å²) in [7, 11) is 0. The van der Waals surface area contributed by atoms with Gasteiger partial charge < -0.3 is 20.9 Å². The number of nitrogens with two attached hydrogens (primary N) is 2. The summed E-state index contributed by atoms with van der Waals surface area (Å²) in [6, 6.07) is 0. The van der Waals surface area contributed by atoms with Crippen LogP contribution in [-0.4, -0.2) is 36.4 Å². The van der Waals surface area contributed by atoms with Crippen molar-refractivity contribution in [3.8, 4) is 0 Å². The zero-order valence-electron chi connectivity index (χ0n) is 12.4. The van der Waals surface area contributed by atoms with Gasteiger partial charge in [-0.25, -0.2) is 0 Å². The fourth-order valence-electron chi connectivity index (χ4n) is 2.45. The third kappa shape index (κ3) is 5.89. The van der Waals surface area contributed by atoms with Crippen LogP contribution in [0.15, 0.2) is 0 Å². The second kappa shape index (κ2) is 7.22. The van der Waals surface area contributed by atoms with Crippen LogP contribution in [0.2, 0.25) is 0 Å². The van der Waals surface area contributed by atoms with Crippen molar-refractivity contribution >= 4 is 5.91 Å². The van der Waals surface area contributed by atoms with Crippen molar-refractivity contribution in [2.24, 2.45) is 11.5 Å². The summed E-state index contributed by atoms with van der Waals surface area (Å²) in [5.41, 5.74) is 10.1. The number of amides is 1. The highest BCUT2D eigenvalue weighted by atomic mass is 16.5. The first-order valence-corrected chi connectivity index (χ1v) is 7.17. The van der Waals surface area contributed by atoms with Gasteiger partial charge in [0, 0.05) is 6.61 Å². The molecule has 1 heterocycles. The Kier molecular flexibility index (Phi) is 6.23. The highest BCUT2D eigenvalue weighted by Crippen LogP contribution is 2.22. The second-order valence-corrected chi connectivity index (χ2v) is 5.96. The minimum absolute atomic E-state index is 0.274. The summed E-state index contributed by atoms with van der Waals surface area (Å²) in [4.78, 5) is 11.1. The lowest BCUT2D eigenvalue weighted by Gasteiger charge is -2.32. The minimum atomic E-state index is -0.901. The molecule has 4 N–H and O–H groups in total. The van der Waals surface area contributed by atoms with Gasteiger partial charge in [0.1, 0.15) is 0 Å². The Morgan fingerprint density at radius 2 is 1.89 bits per heavy atom. The van der Waals surface area contributed by atoms with Gasteiger partial charge in [0.2, 0.25) is 5.91 Å². The molecule has 1 rings (SSSR count). The summed E-state index contributed by atoms with van der Waals surface area (Å²) in [6.07, 6.45) is 5.11. The quantitative estimate of drug-likeness (QED) is 0.684. The lowest BCUT2D eigenvalue weighted by Crippen LogP contribution is -2.49. The van der Waals surface area contributed by atoms with E-state index in [0.717, 1.165) is 25.7 Å². The maximum Gasteiger partial charge on any atom is 0.237 e. The van der Waals surface area contributed by atoms with E-state index in [1.807, 2.05) is 0 Å². The molecule has 0 radical (unpaired) electrons. The molecular formula is C14H28N2O3. The van der Waals surface area contributed by atoms with E-state index in [0.29, 0.717) is 19.1 Å². The van der Waals surface area contributed by atoms with E-state index in [1.54, 1.807) is 6.92 Å². The third-order valence-electron chi connectivity index (χ3n) is 3.66. The minimum Gasteiger partial charge on any atom is -0.378 e. The maximum atomic E-state index is 11.1. The van der Waals surface area contributed by atoms with Crippen molar-refractivity contribution in [3.63, 3.8) is 0 Å². The first-order valence-electron chi connectivity index (χ1n) is 7.17. The number of carbonyl (C=O) groups excluding carboxylic acids is 1. The second-order valence-electron chi connectivity index (χ2n) is 5.96. The van der Waals surface area contributed by atoms with Gasteiger partial charge in [-0.1, -0.05) is 0 Å². The fourth-order valence-corrected chi connectivity index (χ4v) is 2.45. The zero-order valence-corrected chi connectivity index (χ0v) is 12.4.